The molecule has 0 atom stereocenters. The molecule has 3 rings (SSSR count). The summed E-state index contributed by atoms with van der Waals surface area (Å²) in [6, 6.07) is 12.7. The first-order valence-corrected chi connectivity index (χ1v) is 10.4. The number of hydrogen-bond donors (Lipinski definition) is 1. The van der Waals surface area contributed by atoms with Crippen molar-refractivity contribution in [3.63, 3.8) is 0 Å². The summed E-state index contributed by atoms with van der Waals surface area (Å²) in [6.45, 7) is 5.71. The van der Waals surface area contributed by atoms with Crippen LogP contribution in [-0.2, 0) is 0 Å². The standard InChI is InChI=1S/C21H20BrCl2N3O2/c1-21(2,3)25-20(28)17-19(29-4)18(12-8-10-13(23)11-9-12)27(26-17)15-7-5-6-14(22)16(15)24/h5-11H,1-4H3,(H,25,28). The fraction of sp³-hybridized carbons (Fsp3) is 0.238. The smallest absolute Gasteiger partial charge is 0.276 e. The van der Waals surface area contributed by atoms with E-state index in [9.17, 15) is 4.79 Å². The highest BCUT2D eigenvalue weighted by atomic mass is 79.9. The second kappa shape index (κ2) is 8.38. The summed E-state index contributed by atoms with van der Waals surface area (Å²) >= 11 is 16.0. The Kier molecular flexibility index (Phi) is 6.27. The average molecular weight is 497 g/mol. The number of carbonyl (C=O) groups is 1. The lowest BCUT2D eigenvalue weighted by molar-refractivity contribution is 0.0911. The molecule has 0 aliphatic heterocycles. The molecule has 0 saturated heterocycles. The van der Waals surface area contributed by atoms with E-state index >= 15 is 0 Å². The molecule has 1 amide bonds. The Hall–Kier alpha value is -2.02. The Morgan fingerprint density at radius 2 is 1.79 bits per heavy atom. The molecule has 0 fully saturated rings. The number of carbonyl (C=O) groups excluding carboxylic acids is 1. The van der Waals surface area contributed by atoms with E-state index in [1.807, 2.05) is 51.1 Å². The number of halogens is 3. The minimum Gasteiger partial charge on any atom is -0.492 e. The number of aromatic nitrogens is 2. The molecule has 0 radical (unpaired) electrons. The van der Waals surface area contributed by atoms with Crippen molar-refractivity contribution < 1.29 is 9.53 Å². The summed E-state index contributed by atoms with van der Waals surface area (Å²) < 4.78 is 7.97. The molecular weight excluding hydrogens is 477 g/mol. The second-order valence-corrected chi connectivity index (χ2v) is 9.09. The molecule has 1 N–H and O–H groups in total. The van der Waals surface area contributed by atoms with Gasteiger partial charge in [-0.2, -0.15) is 5.10 Å². The summed E-state index contributed by atoms with van der Waals surface area (Å²) in [5, 5.41) is 8.58. The van der Waals surface area contributed by atoms with E-state index in [-0.39, 0.29) is 11.6 Å². The van der Waals surface area contributed by atoms with Gasteiger partial charge in [0.1, 0.15) is 5.69 Å². The van der Waals surface area contributed by atoms with Gasteiger partial charge in [0.2, 0.25) is 0 Å². The van der Waals surface area contributed by atoms with Crippen molar-refractivity contribution in [2.45, 2.75) is 26.3 Å². The monoisotopic (exact) mass is 495 g/mol. The molecule has 0 aliphatic rings. The van der Waals surface area contributed by atoms with Gasteiger partial charge in [-0.1, -0.05) is 41.4 Å². The number of nitrogens with zero attached hydrogens (tertiary/aromatic N) is 2. The first-order chi connectivity index (χ1) is 13.6. The molecule has 0 spiro atoms. The Balaban J connectivity index is 2.30. The van der Waals surface area contributed by atoms with Crippen molar-refractivity contribution in [3.05, 3.63) is 62.7 Å². The van der Waals surface area contributed by atoms with Gasteiger partial charge in [0.15, 0.2) is 11.4 Å². The molecule has 8 heteroatoms. The van der Waals surface area contributed by atoms with Crippen LogP contribution in [-0.4, -0.2) is 28.3 Å². The number of rotatable bonds is 4. The van der Waals surface area contributed by atoms with Crippen molar-refractivity contribution in [2.24, 2.45) is 0 Å². The number of amides is 1. The van der Waals surface area contributed by atoms with E-state index < -0.39 is 5.54 Å². The molecule has 0 unspecified atom stereocenters. The molecule has 5 nitrogen and oxygen atoms in total. The quantitative estimate of drug-likeness (QED) is 0.471. The van der Waals surface area contributed by atoms with Gasteiger partial charge in [-0.3, -0.25) is 4.79 Å². The van der Waals surface area contributed by atoms with Crippen LogP contribution in [0, 0.1) is 0 Å². The maximum atomic E-state index is 12.9. The van der Waals surface area contributed by atoms with E-state index in [2.05, 4.69) is 26.3 Å². The van der Waals surface area contributed by atoms with Gasteiger partial charge in [-0.25, -0.2) is 4.68 Å². The van der Waals surface area contributed by atoms with Gasteiger partial charge in [-0.05, 0) is 61.0 Å². The van der Waals surface area contributed by atoms with E-state index in [1.54, 1.807) is 16.8 Å². The minimum atomic E-state index is -0.431. The van der Waals surface area contributed by atoms with Crippen LogP contribution in [0.1, 0.15) is 31.3 Å². The van der Waals surface area contributed by atoms with Crippen LogP contribution >= 0.6 is 39.1 Å². The largest absolute Gasteiger partial charge is 0.492 e. The zero-order chi connectivity index (χ0) is 21.3. The van der Waals surface area contributed by atoms with Crippen LogP contribution in [0.2, 0.25) is 10.0 Å². The van der Waals surface area contributed by atoms with E-state index in [4.69, 9.17) is 27.9 Å². The first-order valence-electron chi connectivity index (χ1n) is 8.82. The third kappa shape index (κ3) is 4.60. The molecule has 0 aliphatic carbocycles. The number of methoxy groups -OCH3 is 1. The van der Waals surface area contributed by atoms with Gasteiger partial charge >= 0.3 is 0 Å². The van der Waals surface area contributed by atoms with Crippen LogP contribution in [0.5, 0.6) is 5.75 Å². The summed E-state index contributed by atoms with van der Waals surface area (Å²) in [6.07, 6.45) is 0. The first kappa shape index (κ1) is 21.7. The van der Waals surface area contributed by atoms with Gasteiger partial charge in [0, 0.05) is 20.6 Å². The zero-order valence-corrected chi connectivity index (χ0v) is 19.5. The number of ether oxygens (including phenoxy) is 1. The molecule has 29 heavy (non-hydrogen) atoms. The lowest BCUT2D eigenvalue weighted by Crippen LogP contribution is -2.40. The number of hydrogen-bond acceptors (Lipinski definition) is 3. The fourth-order valence-electron chi connectivity index (χ4n) is 2.84. The van der Waals surface area contributed by atoms with Gasteiger partial charge in [-0.15, -0.1) is 0 Å². The summed E-state index contributed by atoms with van der Waals surface area (Å²) in [5.74, 6) is 0.0135. The Labute approximate surface area is 188 Å². The maximum absolute atomic E-state index is 12.9. The van der Waals surface area contributed by atoms with Crippen LogP contribution in [0.4, 0.5) is 0 Å². The van der Waals surface area contributed by atoms with Gasteiger partial charge in [0.25, 0.3) is 5.91 Å². The minimum absolute atomic E-state index is 0.170. The zero-order valence-electron chi connectivity index (χ0n) is 16.4. The summed E-state index contributed by atoms with van der Waals surface area (Å²) in [5.41, 5.74) is 1.73. The normalized spacial score (nSPS) is 11.4. The predicted molar refractivity (Wildman–Crippen MR) is 120 cm³/mol. The Bertz CT molecular complexity index is 1060. The third-order valence-corrected chi connectivity index (χ3v) is 5.57. The summed E-state index contributed by atoms with van der Waals surface area (Å²) in [7, 11) is 1.51. The van der Waals surface area contributed by atoms with Crippen molar-refractivity contribution in [3.8, 4) is 22.7 Å². The molecule has 0 saturated carbocycles. The second-order valence-electron chi connectivity index (χ2n) is 7.43. The van der Waals surface area contributed by atoms with Gasteiger partial charge < -0.3 is 10.1 Å². The van der Waals surface area contributed by atoms with Crippen molar-refractivity contribution in [1.82, 2.24) is 15.1 Å². The van der Waals surface area contributed by atoms with Crippen LogP contribution < -0.4 is 10.1 Å². The maximum Gasteiger partial charge on any atom is 0.276 e. The molecular formula is C21H20BrCl2N3O2. The third-order valence-electron chi connectivity index (χ3n) is 4.03. The summed E-state index contributed by atoms with van der Waals surface area (Å²) in [4.78, 5) is 12.9. The van der Waals surface area contributed by atoms with Crippen LogP contribution in [0.25, 0.3) is 16.9 Å². The fourth-order valence-corrected chi connectivity index (χ4v) is 3.52. The predicted octanol–water partition coefficient (Wildman–Crippen LogP) is 6.15. The lowest BCUT2D eigenvalue weighted by atomic mass is 10.1. The van der Waals surface area contributed by atoms with Crippen LogP contribution in [0.15, 0.2) is 46.9 Å². The highest BCUT2D eigenvalue weighted by molar-refractivity contribution is 9.10. The van der Waals surface area contributed by atoms with E-state index in [0.29, 0.717) is 31.6 Å². The average Bonchev–Trinajstić information content (AvgIpc) is 3.03. The molecule has 1 heterocycles. The van der Waals surface area contributed by atoms with E-state index in [1.165, 1.54) is 7.11 Å². The highest BCUT2D eigenvalue weighted by Gasteiger charge is 2.28. The van der Waals surface area contributed by atoms with E-state index in [0.717, 1.165) is 5.56 Å². The number of nitrogens with one attached hydrogen (secondary N) is 1. The van der Waals surface area contributed by atoms with Gasteiger partial charge in [0.05, 0.1) is 17.8 Å². The van der Waals surface area contributed by atoms with Crippen molar-refractivity contribution in [1.29, 1.82) is 0 Å². The Morgan fingerprint density at radius 3 is 2.38 bits per heavy atom. The SMILES string of the molecule is COc1c(C(=O)NC(C)(C)C)nn(-c2cccc(Br)c2Cl)c1-c1ccc(Cl)cc1. The van der Waals surface area contributed by atoms with Crippen molar-refractivity contribution in [2.75, 3.05) is 7.11 Å². The van der Waals surface area contributed by atoms with Crippen LogP contribution in [0.3, 0.4) is 0 Å². The Morgan fingerprint density at radius 1 is 1.14 bits per heavy atom. The lowest BCUT2D eigenvalue weighted by Gasteiger charge is -2.19. The molecule has 1 aromatic heterocycles. The van der Waals surface area contributed by atoms with Crippen molar-refractivity contribution >= 4 is 45.0 Å². The number of benzene rings is 2. The highest BCUT2D eigenvalue weighted by Crippen LogP contribution is 2.39. The molecule has 0 bridgehead atoms. The topological polar surface area (TPSA) is 56.1 Å². The molecule has 152 valence electrons. The molecule has 3 aromatic rings. The molecule has 2 aromatic carbocycles.